The second-order valence-corrected chi connectivity index (χ2v) is 5.13. The maximum absolute atomic E-state index is 5.90. The molecule has 2 unspecified atom stereocenters. The topological polar surface area (TPSA) is 65.1 Å². The Kier molecular flexibility index (Phi) is 5.97. The zero-order chi connectivity index (χ0) is 14.5. The molecule has 3 N–H and O–H groups in total. The van der Waals surface area contributed by atoms with Crippen LogP contribution in [-0.2, 0) is 24.6 Å². The Morgan fingerprint density at radius 3 is 2.58 bits per heavy atom. The third kappa shape index (κ3) is 3.78. The molecule has 0 saturated carbocycles. The average molecular weight is 268 g/mol. The zero-order valence-corrected chi connectivity index (χ0v) is 12.9. The highest BCUT2D eigenvalue weighted by molar-refractivity contribution is 5.13. The van der Waals surface area contributed by atoms with Gasteiger partial charge in [-0.15, -0.1) is 0 Å². The van der Waals surface area contributed by atoms with Crippen molar-refractivity contribution in [2.45, 2.75) is 58.6 Å². The summed E-state index contributed by atoms with van der Waals surface area (Å²) in [4.78, 5) is 0. The largest absolute Gasteiger partial charge is 0.374 e. The van der Waals surface area contributed by atoms with Gasteiger partial charge in [0.25, 0.3) is 0 Å². The molecular weight excluding hydrogens is 240 g/mol. The standard InChI is InChI=1S/C14H28N4O/c1-6-11-9-12(18(5)17-11)10-13(16-15)14(4,7-2)19-8-3/h9,13,16H,6-8,10,15H2,1-5H3. The van der Waals surface area contributed by atoms with Crippen molar-refractivity contribution in [1.82, 2.24) is 15.2 Å². The molecule has 0 aromatic carbocycles. The van der Waals surface area contributed by atoms with E-state index in [-0.39, 0.29) is 11.6 Å². The number of hydrogen-bond acceptors (Lipinski definition) is 4. The minimum atomic E-state index is -0.264. The molecule has 1 aromatic rings. The Balaban J connectivity index is 2.88. The van der Waals surface area contributed by atoms with Crippen LogP contribution in [0.5, 0.6) is 0 Å². The average Bonchev–Trinajstić information content (AvgIpc) is 2.76. The lowest BCUT2D eigenvalue weighted by molar-refractivity contribution is -0.0554. The Labute approximate surface area is 116 Å². The third-order valence-electron chi connectivity index (χ3n) is 3.92. The molecule has 19 heavy (non-hydrogen) atoms. The van der Waals surface area contributed by atoms with E-state index in [0.29, 0.717) is 6.61 Å². The summed E-state index contributed by atoms with van der Waals surface area (Å²) >= 11 is 0. The van der Waals surface area contributed by atoms with Crippen LogP contribution in [0.3, 0.4) is 0 Å². The van der Waals surface area contributed by atoms with E-state index in [2.05, 4.69) is 37.4 Å². The third-order valence-corrected chi connectivity index (χ3v) is 3.92. The fraction of sp³-hybridized carbons (Fsp3) is 0.786. The van der Waals surface area contributed by atoms with E-state index in [4.69, 9.17) is 10.6 Å². The van der Waals surface area contributed by atoms with Crippen molar-refractivity contribution in [2.75, 3.05) is 6.61 Å². The van der Waals surface area contributed by atoms with Gasteiger partial charge in [0.05, 0.1) is 17.3 Å². The van der Waals surface area contributed by atoms with Gasteiger partial charge in [-0.25, -0.2) is 0 Å². The van der Waals surface area contributed by atoms with Gasteiger partial charge in [-0.2, -0.15) is 5.10 Å². The second kappa shape index (κ2) is 7.03. The maximum atomic E-state index is 5.90. The van der Waals surface area contributed by atoms with Crippen LogP contribution < -0.4 is 11.3 Å². The molecule has 5 nitrogen and oxygen atoms in total. The summed E-state index contributed by atoms with van der Waals surface area (Å²) in [5.41, 5.74) is 4.95. The van der Waals surface area contributed by atoms with Gasteiger partial charge in [-0.05, 0) is 32.8 Å². The van der Waals surface area contributed by atoms with Gasteiger partial charge in [0.2, 0.25) is 0 Å². The molecule has 0 aliphatic carbocycles. The van der Waals surface area contributed by atoms with E-state index in [1.807, 2.05) is 18.7 Å². The van der Waals surface area contributed by atoms with E-state index in [1.54, 1.807) is 0 Å². The van der Waals surface area contributed by atoms with Crippen molar-refractivity contribution in [3.05, 3.63) is 17.5 Å². The first kappa shape index (κ1) is 16.1. The molecule has 0 bridgehead atoms. The summed E-state index contributed by atoms with van der Waals surface area (Å²) in [6.45, 7) is 9.05. The monoisotopic (exact) mass is 268 g/mol. The van der Waals surface area contributed by atoms with Gasteiger partial charge in [0, 0.05) is 25.8 Å². The highest BCUT2D eigenvalue weighted by Gasteiger charge is 2.33. The van der Waals surface area contributed by atoms with Crippen LogP contribution in [0.1, 0.15) is 45.5 Å². The SMILES string of the molecule is CCOC(C)(CC)C(Cc1cc(CC)nn1C)NN. The van der Waals surface area contributed by atoms with E-state index >= 15 is 0 Å². The minimum Gasteiger partial charge on any atom is -0.374 e. The fourth-order valence-electron chi connectivity index (χ4n) is 2.37. The lowest BCUT2D eigenvalue weighted by Crippen LogP contribution is -2.54. The minimum absolute atomic E-state index is 0.0672. The Morgan fingerprint density at radius 2 is 2.16 bits per heavy atom. The first-order chi connectivity index (χ1) is 9.00. The van der Waals surface area contributed by atoms with Gasteiger partial charge in [-0.1, -0.05) is 13.8 Å². The highest BCUT2D eigenvalue weighted by Crippen LogP contribution is 2.23. The lowest BCUT2D eigenvalue weighted by Gasteiger charge is -2.36. The molecule has 110 valence electrons. The van der Waals surface area contributed by atoms with Gasteiger partial charge in [-0.3, -0.25) is 16.0 Å². The molecule has 1 rings (SSSR count). The number of hydrazine groups is 1. The molecule has 0 aliphatic heterocycles. The first-order valence-corrected chi connectivity index (χ1v) is 7.12. The Morgan fingerprint density at radius 1 is 1.47 bits per heavy atom. The molecule has 0 fully saturated rings. The van der Waals surface area contributed by atoms with Gasteiger partial charge in [0.15, 0.2) is 0 Å². The van der Waals surface area contributed by atoms with E-state index < -0.39 is 0 Å². The quantitative estimate of drug-likeness (QED) is 0.555. The fourth-order valence-corrected chi connectivity index (χ4v) is 2.37. The van der Waals surface area contributed by atoms with E-state index in [9.17, 15) is 0 Å². The molecule has 0 saturated heterocycles. The summed E-state index contributed by atoms with van der Waals surface area (Å²) < 4.78 is 7.84. The molecule has 0 spiro atoms. The van der Waals surface area contributed by atoms with Crippen molar-refractivity contribution >= 4 is 0 Å². The van der Waals surface area contributed by atoms with Crippen LogP contribution in [0.2, 0.25) is 0 Å². The Bertz CT molecular complexity index is 391. The number of nitrogens with zero attached hydrogens (tertiary/aromatic N) is 2. The predicted molar refractivity (Wildman–Crippen MR) is 77.7 cm³/mol. The van der Waals surface area contributed by atoms with Gasteiger partial charge in [0.1, 0.15) is 0 Å². The number of ether oxygens (including phenoxy) is 1. The first-order valence-electron chi connectivity index (χ1n) is 7.12. The molecule has 2 atom stereocenters. The maximum Gasteiger partial charge on any atom is 0.0821 e. The summed E-state index contributed by atoms with van der Waals surface area (Å²) in [7, 11) is 1.98. The summed E-state index contributed by atoms with van der Waals surface area (Å²) in [5.74, 6) is 5.74. The summed E-state index contributed by atoms with van der Waals surface area (Å²) in [5, 5.41) is 4.48. The number of rotatable bonds is 8. The van der Waals surface area contributed by atoms with Gasteiger partial charge >= 0.3 is 0 Å². The molecule has 0 radical (unpaired) electrons. The lowest BCUT2D eigenvalue weighted by atomic mass is 9.90. The van der Waals surface area contributed by atoms with E-state index in [0.717, 1.165) is 25.0 Å². The van der Waals surface area contributed by atoms with Crippen molar-refractivity contribution < 1.29 is 4.74 Å². The van der Waals surface area contributed by atoms with Crippen LogP contribution in [0.15, 0.2) is 6.07 Å². The smallest absolute Gasteiger partial charge is 0.0821 e. The van der Waals surface area contributed by atoms with Crippen molar-refractivity contribution in [1.29, 1.82) is 0 Å². The van der Waals surface area contributed by atoms with Crippen molar-refractivity contribution in [3.8, 4) is 0 Å². The molecule has 1 aromatic heterocycles. The van der Waals surface area contributed by atoms with Crippen LogP contribution in [0.25, 0.3) is 0 Å². The summed E-state index contributed by atoms with van der Waals surface area (Å²) in [6.07, 6.45) is 2.67. The molecule has 5 heteroatoms. The predicted octanol–water partition coefficient (Wildman–Crippen LogP) is 1.56. The van der Waals surface area contributed by atoms with E-state index in [1.165, 1.54) is 5.69 Å². The number of nitrogens with two attached hydrogens (primary N) is 1. The number of nitrogens with one attached hydrogen (secondary N) is 1. The van der Waals surface area contributed by atoms with Crippen LogP contribution >= 0.6 is 0 Å². The number of aromatic nitrogens is 2. The summed E-state index contributed by atoms with van der Waals surface area (Å²) in [6, 6.07) is 2.21. The van der Waals surface area contributed by atoms with Crippen molar-refractivity contribution in [3.63, 3.8) is 0 Å². The molecule has 0 aliphatic rings. The molecule has 0 amide bonds. The second-order valence-electron chi connectivity index (χ2n) is 5.13. The molecular formula is C14H28N4O. The molecule has 1 heterocycles. The van der Waals surface area contributed by atoms with Gasteiger partial charge < -0.3 is 4.74 Å². The zero-order valence-electron chi connectivity index (χ0n) is 12.9. The highest BCUT2D eigenvalue weighted by atomic mass is 16.5. The number of aryl methyl sites for hydroxylation is 2. The Hall–Kier alpha value is -0.910. The number of hydrogen-bond donors (Lipinski definition) is 2. The van der Waals surface area contributed by atoms with Crippen LogP contribution in [0.4, 0.5) is 0 Å². The normalized spacial score (nSPS) is 16.3. The van der Waals surface area contributed by atoms with Crippen LogP contribution in [-0.4, -0.2) is 28.0 Å². The van der Waals surface area contributed by atoms with Crippen LogP contribution in [0, 0.1) is 0 Å². The van der Waals surface area contributed by atoms with Crippen molar-refractivity contribution in [2.24, 2.45) is 12.9 Å².